The third kappa shape index (κ3) is 3.46. The van der Waals surface area contributed by atoms with Gasteiger partial charge in [-0.15, -0.1) is 0 Å². The van der Waals surface area contributed by atoms with Crippen molar-refractivity contribution in [3.63, 3.8) is 0 Å². The van der Waals surface area contributed by atoms with Gasteiger partial charge in [0, 0.05) is 31.8 Å². The van der Waals surface area contributed by atoms with Crippen LogP contribution in [0.2, 0.25) is 0 Å². The second-order valence-corrected chi connectivity index (χ2v) is 9.18. The van der Waals surface area contributed by atoms with Gasteiger partial charge in [-0.1, -0.05) is 0 Å². The topological polar surface area (TPSA) is 88.2 Å². The van der Waals surface area contributed by atoms with Crippen LogP contribution in [0, 0.1) is 17.0 Å². The molecule has 27 heavy (non-hydrogen) atoms. The highest BCUT2D eigenvalue weighted by atomic mass is 32.2. The van der Waals surface area contributed by atoms with Crippen LogP contribution in [0.5, 0.6) is 0 Å². The molecule has 0 aliphatic carbocycles. The fourth-order valence-electron chi connectivity index (χ4n) is 3.59. The molecule has 148 valence electrons. The predicted octanol–water partition coefficient (Wildman–Crippen LogP) is 0.676. The highest BCUT2D eigenvalue weighted by Gasteiger charge is 2.50. The first-order chi connectivity index (χ1) is 12.7. The molecule has 3 heterocycles. The Hall–Kier alpha value is -1.98. The lowest BCUT2D eigenvalue weighted by Crippen LogP contribution is -2.66. The highest BCUT2D eigenvalue weighted by Crippen LogP contribution is 2.42. The molecule has 3 saturated heterocycles. The number of cyclic esters (lactones) is 1. The van der Waals surface area contributed by atoms with E-state index in [1.165, 1.54) is 0 Å². The van der Waals surface area contributed by atoms with Crippen LogP contribution < -0.4 is 14.5 Å². The first-order valence-electron chi connectivity index (χ1n) is 8.40. The Kier molecular flexibility index (Phi) is 4.28. The number of anilines is 2. The van der Waals surface area contributed by atoms with Gasteiger partial charge in [0.05, 0.1) is 37.1 Å². The molecule has 1 spiro atoms. The van der Waals surface area contributed by atoms with Crippen LogP contribution in [0.25, 0.3) is 0 Å². The first-order valence-corrected chi connectivity index (χ1v) is 10.3. The van der Waals surface area contributed by atoms with Gasteiger partial charge in [-0.3, -0.25) is 4.90 Å². The summed E-state index contributed by atoms with van der Waals surface area (Å²) in [6.45, 7) is 2.16. The molecule has 1 N–H and O–H groups in total. The van der Waals surface area contributed by atoms with E-state index < -0.39 is 33.9 Å². The number of nitrogens with zero attached hydrogens (tertiary/aromatic N) is 2. The molecule has 1 aromatic carbocycles. The molecule has 0 saturated carbocycles. The number of amides is 1. The minimum Gasteiger partial charge on any atom is -0.443 e. The van der Waals surface area contributed by atoms with Crippen LogP contribution in [0.3, 0.4) is 0 Å². The molecular formula is C16H19F2N3O5S. The summed E-state index contributed by atoms with van der Waals surface area (Å²) in [5.41, 5.74) is -0.0715. The SMILES string of the molecule is CS(=O)(=O)NC[C@H]1CN(c2cc(F)c(N3CC4(COC4)C3)c(F)c2)C(=O)O1. The maximum Gasteiger partial charge on any atom is 0.414 e. The number of carbonyl (C=O) groups excluding carboxylic acids is 1. The van der Waals surface area contributed by atoms with Crippen LogP contribution in [-0.4, -0.2) is 66.3 Å². The van der Waals surface area contributed by atoms with Crippen LogP contribution in [-0.2, 0) is 19.5 Å². The third-order valence-electron chi connectivity index (χ3n) is 4.95. The van der Waals surface area contributed by atoms with Crippen molar-refractivity contribution in [3.05, 3.63) is 23.8 Å². The van der Waals surface area contributed by atoms with E-state index in [4.69, 9.17) is 9.47 Å². The first kappa shape index (κ1) is 18.4. The summed E-state index contributed by atoms with van der Waals surface area (Å²) in [6, 6.07) is 2.18. The van der Waals surface area contributed by atoms with Gasteiger partial charge in [0.1, 0.15) is 11.8 Å². The van der Waals surface area contributed by atoms with Crippen LogP contribution in [0.1, 0.15) is 0 Å². The van der Waals surface area contributed by atoms with Crippen molar-refractivity contribution < 1.29 is 31.5 Å². The van der Waals surface area contributed by atoms with Crippen molar-refractivity contribution in [2.75, 3.05) is 55.4 Å². The van der Waals surface area contributed by atoms with Gasteiger partial charge in [0.25, 0.3) is 0 Å². The minimum absolute atomic E-state index is 0.0101. The van der Waals surface area contributed by atoms with Crippen molar-refractivity contribution in [2.24, 2.45) is 5.41 Å². The van der Waals surface area contributed by atoms with Crippen LogP contribution >= 0.6 is 0 Å². The van der Waals surface area contributed by atoms with Crippen molar-refractivity contribution in [3.8, 4) is 0 Å². The number of benzene rings is 1. The molecule has 1 amide bonds. The number of sulfonamides is 1. The van der Waals surface area contributed by atoms with Gasteiger partial charge in [0.2, 0.25) is 10.0 Å². The lowest BCUT2D eigenvalue weighted by atomic mass is 9.77. The Morgan fingerprint density at radius 1 is 1.26 bits per heavy atom. The molecule has 0 unspecified atom stereocenters. The van der Waals surface area contributed by atoms with Gasteiger partial charge in [-0.25, -0.2) is 26.7 Å². The normalized spacial score (nSPS) is 24.0. The summed E-state index contributed by atoms with van der Waals surface area (Å²) in [5.74, 6) is -1.52. The summed E-state index contributed by atoms with van der Waals surface area (Å²) in [7, 11) is -3.44. The average molecular weight is 403 g/mol. The van der Waals surface area contributed by atoms with Crippen molar-refractivity contribution in [1.82, 2.24) is 4.72 Å². The monoisotopic (exact) mass is 403 g/mol. The molecule has 1 aromatic rings. The summed E-state index contributed by atoms with van der Waals surface area (Å²) in [4.78, 5) is 14.7. The molecule has 0 aromatic heterocycles. The number of carbonyl (C=O) groups is 1. The quantitative estimate of drug-likeness (QED) is 0.778. The van der Waals surface area contributed by atoms with Crippen LogP contribution in [0.4, 0.5) is 25.0 Å². The van der Waals surface area contributed by atoms with E-state index in [1.807, 2.05) is 0 Å². The van der Waals surface area contributed by atoms with Gasteiger partial charge in [-0.2, -0.15) is 0 Å². The second kappa shape index (κ2) is 6.28. The zero-order valence-corrected chi connectivity index (χ0v) is 15.4. The van der Waals surface area contributed by atoms with E-state index in [-0.39, 0.29) is 29.9 Å². The molecule has 3 fully saturated rings. The van der Waals surface area contributed by atoms with E-state index >= 15 is 0 Å². The standard InChI is InChI=1S/C16H19F2N3O5S/c1-27(23,24)19-4-11-5-21(15(22)26-11)10-2-12(17)14(13(18)3-10)20-6-16(7-20)8-25-9-16/h2-3,11,19H,4-9H2,1H3/t11-/m0/s1. The van der Waals surface area contributed by atoms with Gasteiger partial charge < -0.3 is 14.4 Å². The Bertz CT molecular complexity index is 859. The second-order valence-electron chi connectivity index (χ2n) is 7.34. The number of nitrogens with one attached hydrogen (secondary N) is 1. The molecule has 3 aliphatic rings. The van der Waals surface area contributed by atoms with E-state index in [9.17, 15) is 22.0 Å². The summed E-state index contributed by atoms with van der Waals surface area (Å²) in [5, 5.41) is 0. The number of ether oxygens (including phenoxy) is 2. The maximum absolute atomic E-state index is 14.6. The Labute approximate surface area is 155 Å². The van der Waals surface area contributed by atoms with Gasteiger partial charge >= 0.3 is 6.09 Å². The third-order valence-corrected chi connectivity index (χ3v) is 5.64. The Morgan fingerprint density at radius 3 is 2.41 bits per heavy atom. The number of halogens is 2. The predicted molar refractivity (Wildman–Crippen MR) is 92.3 cm³/mol. The van der Waals surface area contributed by atoms with Gasteiger partial charge in [0.15, 0.2) is 11.6 Å². The summed E-state index contributed by atoms with van der Waals surface area (Å²) in [6.07, 6.45) is -0.538. The number of hydrogen-bond acceptors (Lipinski definition) is 6. The average Bonchev–Trinajstić information content (AvgIpc) is 2.85. The zero-order chi connectivity index (χ0) is 19.4. The van der Waals surface area contributed by atoms with Crippen molar-refractivity contribution >= 4 is 27.5 Å². The van der Waals surface area contributed by atoms with E-state index in [0.717, 1.165) is 23.3 Å². The molecule has 1 atom stereocenters. The van der Waals surface area contributed by atoms with Crippen molar-refractivity contribution in [1.29, 1.82) is 0 Å². The highest BCUT2D eigenvalue weighted by molar-refractivity contribution is 7.88. The van der Waals surface area contributed by atoms with E-state index in [0.29, 0.717) is 26.3 Å². The maximum atomic E-state index is 14.6. The summed E-state index contributed by atoms with van der Waals surface area (Å²) < 4.78 is 63.8. The van der Waals surface area contributed by atoms with Crippen molar-refractivity contribution in [2.45, 2.75) is 6.10 Å². The molecule has 3 aliphatic heterocycles. The molecule has 4 rings (SSSR count). The molecule has 11 heteroatoms. The van der Waals surface area contributed by atoms with Crippen LogP contribution in [0.15, 0.2) is 12.1 Å². The van der Waals surface area contributed by atoms with E-state index in [1.54, 1.807) is 4.90 Å². The smallest absolute Gasteiger partial charge is 0.414 e. The van der Waals surface area contributed by atoms with E-state index in [2.05, 4.69) is 4.72 Å². The fourth-order valence-corrected chi connectivity index (χ4v) is 4.08. The number of rotatable bonds is 5. The molecule has 0 radical (unpaired) electrons. The summed E-state index contributed by atoms with van der Waals surface area (Å²) >= 11 is 0. The molecular weight excluding hydrogens is 384 g/mol. The Balaban J connectivity index is 1.47. The largest absolute Gasteiger partial charge is 0.443 e. The lowest BCUT2D eigenvalue weighted by Gasteiger charge is -2.56. The number of hydrogen-bond donors (Lipinski definition) is 1. The molecule has 8 nitrogen and oxygen atoms in total. The fraction of sp³-hybridized carbons (Fsp3) is 0.562. The molecule has 0 bridgehead atoms. The lowest BCUT2D eigenvalue weighted by molar-refractivity contribution is -0.127. The van der Waals surface area contributed by atoms with Gasteiger partial charge in [-0.05, 0) is 0 Å². The Morgan fingerprint density at radius 2 is 1.89 bits per heavy atom. The minimum atomic E-state index is -3.44. The zero-order valence-electron chi connectivity index (χ0n) is 14.6.